The third kappa shape index (κ3) is 6.30. The van der Waals surface area contributed by atoms with Gasteiger partial charge in [0.05, 0.1) is 0 Å². The summed E-state index contributed by atoms with van der Waals surface area (Å²) in [6.45, 7) is 0.351. The van der Waals surface area contributed by atoms with Crippen molar-refractivity contribution in [1.82, 2.24) is 9.71 Å². The molecule has 2 N–H and O–H groups in total. The second-order valence-corrected chi connectivity index (χ2v) is 5.91. The minimum absolute atomic E-state index is 0.154. The molecule has 1 heterocycles. The van der Waals surface area contributed by atoms with Crippen LogP contribution in [0.2, 0.25) is 0 Å². The SMILES string of the molecule is O=C(O)CCCCCCNS(=O)(=O)c1cccnc1. The number of carboxylic acid groups (broad SMARTS) is 1. The van der Waals surface area contributed by atoms with Crippen molar-refractivity contribution in [1.29, 1.82) is 0 Å². The van der Waals surface area contributed by atoms with Gasteiger partial charge in [0.25, 0.3) is 0 Å². The Morgan fingerprint density at radius 3 is 2.63 bits per heavy atom. The van der Waals surface area contributed by atoms with Gasteiger partial charge in [0.2, 0.25) is 10.0 Å². The van der Waals surface area contributed by atoms with Crippen LogP contribution in [-0.4, -0.2) is 31.0 Å². The number of sulfonamides is 1. The van der Waals surface area contributed by atoms with Crippen LogP contribution in [0.5, 0.6) is 0 Å². The lowest BCUT2D eigenvalue weighted by atomic mass is 10.1. The lowest BCUT2D eigenvalue weighted by molar-refractivity contribution is -0.137. The standard InChI is InChI=1S/C12H18N2O4S/c15-12(16)7-3-1-2-4-9-14-19(17,18)11-6-5-8-13-10-11/h5-6,8,10,14H,1-4,7,9H2,(H,15,16). The number of nitrogens with one attached hydrogen (secondary N) is 1. The van der Waals surface area contributed by atoms with Crippen LogP contribution >= 0.6 is 0 Å². The van der Waals surface area contributed by atoms with Gasteiger partial charge >= 0.3 is 5.97 Å². The number of hydrogen-bond acceptors (Lipinski definition) is 4. The van der Waals surface area contributed by atoms with Crippen molar-refractivity contribution in [2.45, 2.75) is 37.0 Å². The molecular formula is C12H18N2O4S. The van der Waals surface area contributed by atoms with E-state index in [1.165, 1.54) is 18.5 Å². The first-order chi connectivity index (χ1) is 9.02. The Morgan fingerprint density at radius 2 is 2.00 bits per heavy atom. The van der Waals surface area contributed by atoms with Crippen molar-refractivity contribution in [2.24, 2.45) is 0 Å². The molecule has 0 aromatic carbocycles. The van der Waals surface area contributed by atoms with Crippen molar-refractivity contribution in [3.8, 4) is 0 Å². The maximum absolute atomic E-state index is 11.8. The van der Waals surface area contributed by atoms with Crippen molar-refractivity contribution in [3.05, 3.63) is 24.5 Å². The minimum Gasteiger partial charge on any atom is -0.481 e. The molecule has 1 aromatic heterocycles. The van der Waals surface area contributed by atoms with E-state index < -0.39 is 16.0 Å². The topological polar surface area (TPSA) is 96.4 Å². The Hall–Kier alpha value is -1.47. The predicted octanol–water partition coefficient (Wildman–Crippen LogP) is 1.40. The molecule has 0 amide bonds. The summed E-state index contributed by atoms with van der Waals surface area (Å²) in [5.41, 5.74) is 0. The molecule has 0 spiro atoms. The molecule has 1 rings (SSSR count). The van der Waals surface area contributed by atoms with Crippen LogP contribution < -0.4 is 4.72 Å². The highest BCUT2D eigenvalue weighted by atomic mass is 32.2. The van der Waals surface area contributed by atoms with Gasteiger partial charge < -0.3 is 5.11 Å². The van der Waals surface area contributed by atoms with E-state index in [4.69, 9.17) is 5.11 Å². The Balaban J connectivity index is 2.21. The molecule has 0 atom stereocenters. The monoisotopic (exact) mass is 286 g/mol. The average Bonchev–Trinajstić information content (AvgIpc) is 2.38. The van der Waals surface area contributed by atoms with E-state index in [9.17, 15) is 13.2 Å². The molecule has 1 aromatic rings. The molecule has 0 saturated heterocycles. The largest absolute Gasteiger partial charge is 0.481 e. The lowest BCUT2D eigenvalue weighted by Crippen LogP contribution is -2.24. The van der Waals surface area contributed by atoms with Gasteiger partial charge in [-0.25, -0.2) is 13.1 Å². The zero-order chi connectivity index (χ0) is 14.1. The maximum Gasteiger partial charge on any atom is 0.303 e. The number of hydrogen-bond donors (Lipinski definition) is 2. The van der Waals surface area contributed by atoms with Gasteiger partial charge in [-0.3, -0.25) is 9.78 Å². The summed E-state index contributed by atoms with van der Waals surface area (Å²) in [5.74, 6) is -0.794. The average molecular weight is 286 g/mol. The zero-order valence-corrected chi connectivity index (χ0v) is 11.4. The van der Waals surface area contributed by atoms with E-state index >= 15 is 0 Å². The predicted molar refractivity (Wildman–Crippen MR) is 70.1 cm³/mol. The van der Waals surface area contributed by atoms with Crippen molar-refractivity contribution in [2.75, 3.05) is 6.54 Å². The van der Waals surface area contributed by atoms with E-state index in [-0.39, 0.29) is 11.3 Å². The molecule has 0 aliphatic rings. The fourth-order valence-corrected chi connectivity index (χ4v) is 2.59. The van der Waals surface area contributed by atoms with E-state index in [2.05, 4.69) is 9.71 Å². The summed E-state index contributed by atoms with van der Waals surface area (Å²) in [7, 11) is -3.47. The summed E-state index contributed by atoms with van der Waals surface area (Å²) >= 11 is 0. The van der Waals surface area contributed by atoms with E-state index in [1.807, 2.05) is 0 Å². The number of carbonyl (C=O) groups is 1. The van der Waals surface area contributed by atoms with E-state index in [0.717, 1.165) is 12.8 Å². The van der Waals surface area contributed by atoms with Gasteiger partial charge in [-0.2, -0.15) is 0 Å². The molecule has 0 unspecified atom stereocenters. The first-order valence-corrected chi connectivity index (χ1v) is 7.62. The summed E-state index contributed by atoms with van der Waals surface area (Å²) in [5, 5.41) is 8.45. The van der Waals surface area contributed by atoms with Gasteiger partial charge in [-0.05, 0) is 25.0 Å². The number of nitrogens with zero attached hydrogens (tertiary/aromatic N) is 1. The molecule has 0 radical (unpaired) electrons. The Morgan fingerprint density at radius 1 is 1.26 bits per heavy atom. The number of pyridine rings is 1. The third-order valence-corrected chi connectivity index (χ3v) is 4.00. The highest BCUT2D eigenvalue weighted by Crippen LogP contribution is 2.06. The molecule has 0 aliphatic heterocycles. The van der Waals surface area contributed by atoms with Crippen LogP contribution in [0.1, 0.15) is 32.1 Å². The van der Waals surface area contributed by atoms with E-state index in [1.54, 1.807) is 6.07 Å². The molecule has 0 aliphatic carbocycles. The molecular weight excluding hydrogens is 268 g/mol. The summed E-state index contributed by atoms with van der Waals surface area (Å²) < 4.78 is 26.1. The molecule has 0 fully saturated rings. The van der Waals surface area contributed by atoms with E-state index in [0.29, 0.717) is 19.4 Å². The number of rotatable bonds is 9. The fourth-order valence-electron chi connectivity index (χ4n) is 1.55. The molecule has 0 saturated carbocycles. The van der Waals surface area contributed by atoms with Gasteiger partial charge in [0.1, 0.15) is 4.90 Å². The minimum atomic E-state index is -3.47. The van der Waals surface area contributed by atoms with Crippen molar-refractivity contribution >= 4 is 16.0 Å². The second-order valence-electron chi connectivity index (χ2n) is 4.14. The highest BCUT2D eigenvalue weighted by Gasteiger charge is 2.12. The molecule has 7 heteroatoms. The fraction of sp³-hybridized carbons (Fsp3) is 0.500. The van der Waals surface area contributed by atoms with Gasteiger partial charge in [-0.15, -0.1) is 0 Å². The van der Waals surface area contributed by atoms with Crippen molar-refractivity contribution in [3.63, 3.8) is 0 Å². The van der Waals surface area contributed by atoms with Gasteiger partial charge in [0.15, 0.2) is 0 Å². The molecule has 106 valence electrons. The Bertz CT molecular complexity index is 488. The highest BCUT2D eigenvalue weighted by molar-refractivity contribution is 7.89. The molecule has 19 heavy (non-hydrogen) atoms. The maximum atomic E-state index is 11.8. The third-order valence-electron chi connectivity index (χ3n) is 2.55. The van der Waals surface area contributed by atoms with Crippen molar-refractivity contribution < 1.29 is 18.3 Å². The van der Waals surface area contributed by atoms with Crippen LogP contribution in [0.15, 0.2) is 29.4 Å². The van der Waals surface area contributed by atoms with Crippen LogP contribution in [0, 0.1) is 0 Å². The first-order valence-electron chi connectivity index (χ1n) is 6.14. The number of carboxylic acids is 1. The quantitative estimate of drug-likeness (QED) is 0.669. The normalized spacial score (nSPS) is 11.4. The molecule has 6 nitrogen and oxygen atoms in total. The smallest absolute Gasteiger partial charge is 0.303 e. The number of aliphatic carboxylic acids is 1. The van der Waals surface area contributed by atoms with Crippen LogP contribution in [0.25, 0.3) is 0 Å². The van der Waals surface area contributed by atoms with Crippen LogP contribution in [0.4, 0.5) is 0 Å². The number of aromatic nitrogens is 1. The Labute approximate surface area is 112 Å². The van der Waals surface area contributed by atoms with Crippen LogP contribution in [0.3, 0.4) is 0 Å². The summed E-state index contributed by atoms with van der Waals surface area (Å²) in [4.78, 5) is 14.2. The second kappa shape index (κ2) is 7.85. The summed E-state index contributed by atoms with van der Waals surface area (Å²) in [6.07, 6.45) is 5.91. The Kier molecular flexibility index (Phi) is 6.44. The molecule has 0 bridgehead atoms. The zero-order valence-electron chi connectivity index (χ0n) is 10.6. The number of unbranched alkanes of at least 4 members (excludes halogenated alkanes) is 3. The summed E-state index contributed by atoms with van der Waals surface area (Å²) in [6, 6.07) is 3.06. The first kappa shape index (κ1) is 15.6. The van der Waals surface area contributed by atoms with Gasteiger partial charge in [-0.1, -0.05) is 12.8 Å². The van der Waals surface area contributed by atoms with Crippen LogP contribution in [-0.2, 0) is 14.8 Å². The lowest BCUT2D eigenvalue weighted by Gasteiger charge is -2.05. The van der Waals surface area contributed by atoms with Gasteiger partial charge in [0, 0.05) is 25.4 Å².